The normalized spacial score (nSPS) is 20.7. The van der Waals surface area contributed by atoms with Crippen LogP contribution >= 0.6 is 23.2 Å². The maximum absolute atomic E-state index is 13.4. The molecule has 2 rings (SSSR count). The first-order valence-corrected chi connectivity index (χ1v) is 4.87. The molecule has 70 valence electrons. The first-order chi connectivity index (χ1) is 6.20. The van der Waals surface area contributed by atoms with Gasteiger partial charge in [0.05, 0.1) is 16.1 Å². The minimum Gasteiger partial charge on any atom is -0.382 e. The third-order valence-electron chi connectivity index (χ3n) is 2.16. The predicted molar refractivity (Wildman–Crippen MR) is 53.1 cm³/mol. The maximum atomic E-state index is 13.4. The molecule has 0 aliphatic carbocycles. The molecule has 0 aromatic heterocycles. The van der Waals surface area contributed by atoms with E-state index in [2.05, 4.69) is 5.32 Å². The second kappa shape index (κ2) is 3.35. The van der Waals surface area contributed by atoms with Gasteiger partial charge in [0.25, 0.3) is 0 Å². The molecule has 1 atom stereocenters. The summed E-state index contributed by atoms with van der Waals surface area (Å²) in [6, 6.07) is 3.31. The highest BCUT2D eigenvalue weighted by atomic mass is 35.5. The van der Waals surface area contributed by atoms with Crippen molar-refractivity contribution in [2.24, 2.45) is 0 Å². The van der Waals surface area contributed by atoms with Crippen LogP contribution in [0.5, 0.6) is 0 Å². The van der Waals surface area contributed by atoms with E-state index in [-0.39, 0.29) is 10.4 Å². The Morgan fingerprint density at radius 2 is 2.23 bits per heavy atom. The van der Waals surface area contributed by atoms with Crippen LogP contribution in [-0.2, 0) is 0 Å². The van der Waals surface area contributed by atoms with E-state index in [0.717, 1.165) is 12.0 Å². The van der Waals surface area contributed by atoms with Gasteiger partial charge in [0.2, 0.25) is 0 Å². The van der Waals surface area contributed by atoms with Crippen molar-refractivity contribution < 1.29 is 4.39 Å². The van der Waals surface area contributed by atoms with Crippen LogP contribution in [0.3, 0.4) is 0 Å². The Morgan fingerprint density at radius 3 is 3.00 bits per heavy atom. The zero-order chi connectivity index (χ0) is 9.42. The lowest BCUT2D eigenvalue weighted by atomic mass is 10.0. The molecule has 1 nitrogen and oxygen atoms in total. The lowest BCUT2D eigenvalue weighted by molar-refractivity contribution is 0.622. The topological polar surface area (TPSA) is 12.0 Å². The van der Waals surface area contributed by atoms with E-state index >= 15 is 0 Å². The molecular formula is C9H8Cl2FN. The van der Waals surface area contributed by atoms with Crippen LogP contribution in [0, 0.1) is 5.82 Å². The number of anilines is 1. The molecule has 0 radical (unpaired) electrons. The Bertz CT molecular complexity index is 341. The van der Waals surface area contributed by atoms with Gasteiger partial charge in [-0.25, -0.2) is 4.39 Å². The van der Waals surface area contributed by atoms with E-state index in [1.807, 2.05) is 0 Å². The minimum absolute atomic E-state index is 0.108. The average Bonchev–Trinajstić information content (AvgIpc) is 2.12. The predicted octanol–water partition coefficient (Wildman–Crippen LogP) is 3.57. The molecule has 0 fully saturated rings. The van der Waals surface area contributed by atoms with Gasteiger partial charge in [0, 0.05) is 6.54 Å². The average molecular weight is 220 g/mol. The Morgan fingerprint density at radius 1 is 1.46 bits per heavy atom. The monoisotopic (exact) mass is 219 g/mol. The van der Waals surface area contributed by atoms with Crippen LogP contribution in [-0.4, -0.2) is 6.54 Å². The van der Waals surface area contributed by atoms with Gasteiger partial charge in [-0.05, 0) is 18.1 Å². The quantitative estimate of drug-likeness (QED) is 0.659. The molecule has 1 aliphatic heterocycles. The van der Waals surface area contributed by atoms with Gasteiger partial charge >= 0.3 is 0 Å². The molecular weight excluding hydrogens is 212 g/mol. The van der Waals surface area contributed by atoms with Gasteiger partial charge in [0.15, 0.2) is 5.82 Å². The van der Waals surface area contributed by atoms with Crippen LogP contribution in [0.25, 0.3) is 0 Å². The molecule has 1 N–H and O–H groups in total. The molecule has 0 spiro atoms. The zero-order valence-electron chi connectivity index (χ0n) is 6.78. The van der Waals surface area contributed by atoms with Crippen molar-refractivity contribution in [2.45, 2.75) is 11.8 Å². The van der Waals surface area contributed by atoms with E-state index in [9.17, 15) is 4.39 Å². The van der Waals surface area contributed by atoms with Crippen molar-refractivity contribution in [3.63, 3.8) is 0 Å². The standard InChI is InChI=1S/C9H8Cl2FN/c10-6-3-4-13-9-5(6)1-2-7(11)8(9)12/h1-2,6,13H,3-4H2. The van der Waals surface area contributed by atoms with Crippen molar-refractivity contribution in [1.82, 2.24) is 0 Å². The number of benzene rings is 1. The van der Waals surface area contributed by atoms with Gasteiger partial charge in [-0.15, -0.1) is 11.6 Å². The van der Waals surface area contributed by atoms with Crippen LogP contribution in [0.15, 0.2) is 12.1 Å². The fraction of sp³-hybridized carbons (Fsp3) is 0.333. The lowest BCUT2D eigenvalue weighted by Gasteiger charge is -2.22. The van der Waals surface area contributed by atoms with Crippen LogP contribution in [0.4, 0.5) is 10.1 Å². The van der Waals surface area contributed by atoms with E-state index in [1.165, 1.54) is 6.07 Å². The highest BCUT2D eigenvalue weighted by molar-refractivity contribution is 6.31. The SMILES string of the molecule is Fc1c(Cl)ccc2c1NCCC2Cl. The summed E-state index contributed by atoms with van der Waals surface area (Å²) in [5.74, 6) is -0.399. The Labute approximate surface area is 85.8 Å². The highest BCUT2D eigenvalue weighted by Gasteiger charge is 2.21. The first kappa shape index (κ1) is 9.10. The van der Waals surface area contributed by atoms with Gasteiger partial charge in [-0.1, -0.05) is 17.7 Å². The Balaban J connectivity index is 2.56. The second-order valence-electron chi connectivity index (χ2n) is 3.01. The van der Waals surface area contributed by atoms with E-state index in [4.69, 9.17) is 23.2 Å². The van der Waals surface area contributed by atoms with E-state index in [0.29, 0.717) is 12.2 Å². The smallest absolute Gasteiger partial charge is 0.165 e. The van der Waals surface area contributed by atoms with Crippen LogP contribution in [0.1, 0.15) is 17.4 Å². The van der Waals surface area contributed by atoms with Crippen LogP contribution in [0.2, 0.25) is 5.02 Å². The third-order valence-corrected chi connectivity index (χ3v) is 2.91. The van der Waals surface area contributed by atoms with E-state index < -0.39 is 5.82 Å². The fourth-order valence-electron chi connectivity index (χ4n) is 1.49. The molecule has 1 unspecified atom stereocenters. The number of hydrogen-bond acceptors (Lipinski definition) is 1. The minimum atomic E-state index is -0.399. The Kier molecular flexibility index (Phi) is 2.35. The van der Waals surface area contributed by atoms with Gasteiger partial charge in [-0.2, -0.15) is 0 Å². The number of halogens is 3. The fourth-order valence-corrected chi connectivity index (χ4v) is 1.93. The van der Waals surface area contributed by atoms with Crippen molar-refractivity contribution in [3.05, 3.63) is 28.5 Å². The van der Waals surface area contributed by atoms with Crippen molar-refractivity contribution in [3.8, 4) is 0 Å². The summed E-state index contributed by atoms with van der Waals surface area (Å²) < 4.78 is 13.4. The summed E-state index contributed by atoms with van der Waals surface area (Å²) in [7, 11) is 0. The van der Waals surface area contributed by atoms with Crippen molar-refractivity contribution in [2.75, 3.05) is 11.9 Å². The number of hydrogen-bond donors (Lipinski definition) is 1. The molecule has 1 aromatic carbocycles. The lowest BCUT2D eigenvalue weighted by Crippen LogP contribution is -2.15. The van der Waals surface area contributed by atoms with E-state index in [1.54, 1.807) is 6.07 Å². The van der Waals surface area contributed by atoms with Gasteiger partial charge < -0.3 is 5.32 Å². The summed E-state index contributed by atoms with van der Waals surface area (Å²) in [4.78, 5) is 0. The zero-order valence-corrected chi connectivity index (χ0v) is 8.29. The highest BCUT2D eigenvalue weighted by Crippen LogP contribution is 2.38. The summed E-state index contributed by atoms with van der Waals surface area (Å²) >= 11 is 11.7. The summed E-state index contributed by atoms with van der Waals surface area (Å²) in [6.45, 7) is 0.693. The molecule has 4 heteroatoms. The number of fused-ring (bicyclic) bond motifs is 1. The van der Waals surface area contributed by atoms with Crippen molar-refractivity contribution >= 4 is 28.9 Å². The summed E-state index contributed by atoms with van der Waals surface area (Å²) in [6.07, 6.45) is 0.815. The van der Waals surface area contributed by atoms with Gasteiger partial charge in [0.1, 0.15) is 0 Å². The first-order valence-electron chi connectivity index (χ1n) is 4.06. The molecule has 0 bridgehead atoms. The third kappa shape index (κ3) is 1.49. The maximum Gasteiger partial charge on any atom is 0.165 e. The van der Waals surface area contributed by atoms with Crippen LogP contribution < -0.4 is 5.32 Å². The number of alkyl halides is 1. The van der Waals surface area contributed by atoms with Gasteiger partial charge in [-0.3, -0.25) is 0 Å². The molecule has 0 amide bonds. The number of nitrogens with one attached hydrogen (secondary N) is 1. The second-order valence-corrected chi connectivity index (χ2v) is 3.94. The van der Waals surface area contributed by atoms with Crippen molar-refractivity contribution in [1.29, 1.82) is 0 Å². The molecule has 1 aliphatic rings. The molecule has 1 aromatic rings. The summed E-state index contributed by atoms with van der Waals surface area (Å²) in [5.41, 5.74) is 1.26. The number of rotatable bonds is 0. The molecule has 0 saturated carbocycles. The Hall–Kier alpha value is -0.470. The molecule has 0 saturated heterocycles. The largest absolute Gasteiger partial charge is 0.382 e. The molecule has 1 heterocycles. The summed E-state index contributed by atoms with van der Waals surface area (Å²) in [5, 5.41) is 2.99. The molecule has 13 heavy (non-hydrogen) atoms.